The fraction of sp³-hybridized carbons (Fsp3) is 0.200. The van der Waals surface area contributed by atoms with E-state index in [9.17, 15) is 29.0 Å². The number of nitro benzene ring substituents is 2. The van der Waals surface area contributed by atoms with Gasteiger partial charge in [-0.25, -0.2) is 0 Å². The molecule has 0 unspecified atom stereocenters. The number of benzene rings is 2. The Hall–Kier alpha value is -2.42. The van der Waals surface area contributed by atoms with Crippen LogP contribution < -0.4 is 0 Å². The Kier molecular flexibility index (Phi) is 8.11. The molecule has 0 amide bonds. The molecule has 9 heteroatoms. The van der Waals surface area contributed by atoms with Crippen molar-refractivity contribution in [3.8, 4) is 0 Å². The lowest BCUT2D eigenvalue weighted by molar-refractivity contribution is -0.388. The Morgan fingerprint density at radius 3 is 1.79 bits per heavy atom. The van der Waals surface area contributed by atoms with Crippen LogP contribution in [0.2, 0.25) is 0 Å². The molecule has 0 aliphatic carbocycles. The van der Waals surface area contributed by atoms with Gasteiger partial charge in [0.2, 0.25) is 11.6 Å². The Bertz CT molecular complexity index is 749. The van der Waals surface area contributed by atoms with Crippen molar-refractivity contribution in [3.63, 3.8) is 0 Å². The normalized spacial score (nSPS) is 9.38. The van der Waals surface area contributed by atoms with Crippen LogP contribution in [0.25, 0.3) is 0 Å². The second-order valence-electron chi connectivity index (χ2n) is 4.42. The molecule has 0 bridgehead atoms. The predicted octanol–water partition coefficient (Wildman–Crippen LogP) is 5.48. The summed E-state index contributed by atoms with van der Waals surface area (Å²) in [6, 6.07) is 6.52. The Morgan fingerprint density at radius 1 is 0.917 bits per heavy atom. The largest absolute Gasteiger partial charge is 0.308 e. The van der Waals surface area contributed by atoms with Crippen LogP contribution in [0.5, 0.6) is 0 Å². The van der Waals surface area contributed by atoms with Crippen molar-refractivity contribution in [2.75, 3.05) is 0 Å². The highest BCUT2D eigenvalue weighted by Gasteiger charge is 2.19. The van der Waals surface area contributed by atoms with E-state index in [1.54, 1.807) is 0 Å². The molecule has 0 aromatic heterocycles. The fourth-order valence-corrected chi connectivity index (χ4v) is 2.04. The number of hydrogen-bond donors (Lipinski definition) is 0. The van der Waals surface area contributed by atoms with Crippen LogP contribution >= 0.6 is 15.9 Å². The zero-order valence-corrected chi connectivity index (χ0v) is 13.6. The molecule has 24 heavy (non-hydrogen) atoms. The maximum atomic E-state index is 12.8. The smallest absolute Gasteiger partial charge is 0.258 e. The number of nitrogens with zero attached hydrogens (tertiary/aromatic N) is 2. The molecule has 2 rings (SSSR count). The van der Waals surface area contributed by atoms with Gasteiger partial charge < -0.3 is 0 Å². The first kappa shape index (κ1) is 21.6. The van der Waals surface area contributed by atoms with Crippen molar-refractivity contribution in [1.82, 2.24) is 0 Å². The molecule has 0 atom stereocenters. The van der Waals surface area contributed by atoms with E-state index in [4.69, 9.17) is 0 Å². The topological polar surface area (TPSA) is 86.3 Å². The minimum absolute atomic E-state index is 0. The van der Waals surface area contributed by atoms with E-state index < -0.39 is 32.9 Å². The Morgan fingerprint density at radius 2 is 1.42 bits per heavy atom. The first-order valence-corrected chi connectivity index (χ1v) is 6.94. The number of nitro groups is 2. The molecule has 130 valence electrons. The van der Waals surface area contributed by atoms with Crippen LogP contribution in [0.3, 0.4) is 0 Å². The molecule has 0 N–H and O–H groups in total. The SMILES string of the molecule is C.Cc1c(Br)ccc(F)c1[N+](=O)[O-].Cc1cccc(F)c1[N+](=O)[O-]. The first-order chi connectivity index (χ1) is 10.7. The summed E-state index contributed by atoms with van der Waals surface area (Å²) in [5, 5.41) is 20.5. The molecule has 0 heterocycles. The summed E-state index contributed by atoms with van der Waals surface area (Å²) in [4.78, 5) is 19.1. The lowest BCUT2D eigenvalue weighted by atomic mass is 10.2. The Labute approximate surface area is 145 Å². The van der Waals surface area contributed by atoms with Crippen LogP contribution in [0, 0.1) is 45.7 Å². The van der Waals surface area contributed by atoms with Gasteiger partial charge in [0.25, 0.3) is 0 Å². The van der Waals surface area contributed by atoms with Gasteiger partial charge in [-0.3, -0.25) is 20.2 Å². The van der Waals surface area contributed by atoms with Crippen LogP contribution in [-0.4, -0.2) is 9.85 Å². The summed E-state index contributed by atoms with van der Waals surface area (Å²) in [5.74, 6) is -1.59. The Balaban J connectivity index is 0.000000425. The fourth-order valence-electron chi connectivity index (χ4n) is 1.72. The van der Waals surface area contributed by atoms with E-state index in [-0.39, 0.29) is 7.43 Å². The number of para-hydroxylation sites is 1. The monoisotopic (exact) mass is 404 g/mol. The standard InChI is InChI=1S/C7H5BrFNO2.C7H6FNO2.CH4/c1-4-5(8)2-3-6(9)7(4)10(11)12;1-5-3-2-4-6(8)7(5)9(10)11;/h2-3H,1H3;2-4H,1H3;1H4. The summed E-state index contributed by atoms with van der Waals surface area (Å²) < 4.78 is 26.0. The van der Waals surface area contributed by atoms with Crippen LogP contribution in [0.4, 0.5) is 20.2 Å². The summed E-state index contributed by atoms with van der Waals surface area (Å²) in [6.45, 7) is 2.99. The average Bonchev–Trinajstić information content (AvgIpc) is 2.43. The third kappa shape index (κ3) is 5.05. The van der Waals surface area contributed by atoms with Gasteiger partial charge in [-0.2, -0.15) is 8.78 Å². The lowest BCUT2D eigenvalue weighted by Crippen LogP contribution is -1.95. The molecule has 6 nitrogen and oxygen atoms in total. The van der Waals surface area contributed by atoms with Gasteiger partial charge in [0, 0.05) is 15.6 Å². The second-order valence-corrected chi connectivity index (χ2v) is 5.28. The van der Waals surface area contributed by atoms with E-state index in [1.807, 2.05) is 0 Å². The second kappa shape index (κ2) is 9.02. The van der Waals surface area contributed by atoms with Gasteiger partial charge in [0.05, 0.1) is 9.85 Å². The first-order valence-electron chi connectivity index (χ1n) is 6.15. The summed E-state index contributed by atoms with van der Waals surface area (Å²) in [5.41, 5.74) is -0.258. The highest BCUT2D eigenvalue weighted by atomic mass is 79.9. The predicted molar refractivity (Wildman–Crippen MR) is 90.0 cm³/mol. The number of aryl methyl sites for hydroxylation is 1. The highest BCUT2D eigenvalue weighted by molar-refractivity contribution is 9.10. The maximum absolute atomic E-state index is 12.8. The van der Waals surface area contributed by atoms with E-state index in [1.165, 1.54) is 32.0 Å². The van der Waals surface area contributed by atoms with E-state index in [2.05, 4.69) is 15.9 Å². The molecule has 0 radical (unpaired) electrons. The lowest BCUT2D eigenvalue weighted by Gasteiger charge is -1.99. The minimum atomic E-state index is -0.805. The molecule has 2 aromatic rings. The van der Waals surface area contributed by atoms with Crippen molar-refractivity contribution in [2.24, 2.45) is 0 Å². The molecule has 2 aromatic carbocycles. The maximum Gasteiger partial charge on any atom is 0.308 e. The highest BCUT2D eigenvalue weighted by Crippen LogP contribution is 2.28. The molecular weight excluding hydrogens is 390 g/mol. The third-order valence-electron chi connectivity index (χ3n) is 2.87. The van der Waals surface area contributed by atoms with Gasteiger partial charge in [-0.15, -0.1) is 0 Å². The molecule has 0 aliphatic rings. The zero-order chi connectivity index (χ0) is 17.7. The van der Waals surface area contributed by atoms with Gasteiger partial charge in [-0.1, -0.05) is 35.5 Å². The molecule has 0 saturated carbocycles. The van der Waals surface area contributed by atoms with Gasteiger partial charge in [-0.05, 0) is 32.0 Å². The molecule has 0 fully saturated rings. The van der Waals surface area contributed by atoms with Crippen LogP contribution in [0.15, 0.2) is 34.8 Å². The molecular formula is C15H15BrF2N2O4. The van der Waals surface area contributed by atoms with Crippen molar-refractivity contribution >= 4 is 27.3 Å². The zero-order valence-electron chi connectivity index (χ0n) is 12.0. The minimum Gasteiger partial charge on any atom is -0.258 e. The van der Waals surface area contributed by atoms with Gasteiger partial charge in [0.1, 0.15) is 0 Å². The van der Waals surface area contributed by atoms with E-state index in [0.717, 1.165) is 12.1 Å². The molecule has 0 spiro atoms. The van der Waals surface area contributed by atoms with Crippen molar-refractivity contribution in [1.29, 1.82) is 0 Å². The number of halogens is 3. The average molecular weight is 405 g/mol. The van der Waals surface area contributed by atoms with Gasteiger partial charge in [0.15, 0.2) is 0 Å². The summed E-state index contributed by atoms with van der Waals surface area (Å²) in [7, 11) is 0. The summed E-state index contributed by atoms with van der Waals surface area (Å²) in [6.07, 6.45) is 0. The van der Waals surface area contributed by atoms with Gasteiger partial charge >= 0.3 is 11.4 Å². The van der Waals surface area contributed by atoms with E-state index in [0.29, 0.717) is 15.6 Å². The molecule has 0 saturated heterocycles. The van der Waals surface area contributed by atoms with E-state index >= 15 is 0 Å². The van der Waals surface area contributed by atoms with Crippen molar-refractivity contribution in [3.05, 3.63) is 77.8 Å². The number of rotatable bonds is 2. The third-order valence-corrected chi connectivity index (χ3v) is 3.73. The van der Waals surface area contributed by atoms with Crippen molar-refractivity contribution in [2.45, 2.75) is 21.3 Å². The number of hydrogen-bond acceptors (Lipinski definition) is 4. The summed E-state index contributed by atoms with van der Waals surface area (Å²) >= 11 is 3.08. The van der Waals surface area contributed by atoms with Crippen molar-refractivity contribution < 1.29 is 18.6 Å². The quantitative estimate of drug-likeness (QED) is 0.489. The molecule has 0 aliphatic heterocycles. The van der Waals surface area contributed by atoms with Crippen LogP contribution in [0.1, 0.15) is 18.6 Å². The van der Waals surface area contributed by atoms with Crippen LogP contribution in [-0.2, 0) is 0 Å².